The van der Waals surface area contributed by atoms with Crippen molar-refractivity contribution in [3.8, 4) is 0 Å². The number of H-pyrrole nitrogens is 1. The highest BCUT2D eigenvalue weighted by molar-refractivity contribution is 5.83. The van der Waals surface area contributed by atoms with Crippen molar-refractivity contribution in [3.05, 3.63) is 45.1 Å². The van der Waals surface area contributed by atoms with Crippen LogP contribution in [0.1, 0.15) is 12.8 Å². The van der Waals surface area contributed by atoms with Crippen LogP contribution in [0.3, 0.4) is 0 Å². The minimum atomic E-state index is -0.614. The normalized spacial score (nSPS) is 17.5. The summed E-state index contributed by atoms with van der Waals surface area (Å²) >= 11 is 0. The van der Waals surface area contributed by atoms with Gasteiger partial charge in [-0.2, -0.15) is 0 Å². The van der Waals surface area contributed by atoms with Crippen molar-refractivity contribution in [2.75, 3.05) is 20.1 Å². The Labute approximate surface area is 143 Å². The standard InChI is InChI=1S/C17H20N4O4/c1-18-15(23)11-5-4-8-20(9-11)14(22)10-21-13-7-3-2-6-12(13)16(24)19-17(21)25/h2-3,6-7,11H,4-5,8-10H2,1H3,(H,18,23)(H,19,24,25). The van der Waals surface area contributed by atoms with Gasteiger partial charge in [0.2, 0.25) is 11.8 Å². The molecule has 3 rings (SSSR count). The molecule has 2 amide bonds. The smallest absolute Gasteiger partial charge is 0.329 e. The third-order valence-corrected chi connectivity index (χ3v) is 4.59. The van der Waals surface area contributed by atoms with E-state index in [-0.39, 0.29) is 24.3 Å². The first kappa shape index (κ1) is 16.9. The number of aromatic nitrogens is 2. The zero-order chi connectivity index (χ0) is 18.0. The number of para-hydroxylation sites is 1. The van der Waals surface area contributed by atoms with Gasteiger partial charge in [0.1, 0.15) is 6.54 Å². The fourth-order valence-corrected chi connectivity index (χ4v) is 3.26. The number of aromatic amines is 1. The van der Waals surface area contributed by atoms with E-state index in [1.54, 1.807) is 36.2 Å². The number of rotatable bonds is 3. The quantitative estimate of drug-likeness (QED) is 0.796. The monoisotopic (exact) mass is 344 g/mol. The molecule has 0 spiro atoms. The second-order valence-electron chi connectivity index (χ2n) is 6.16. The first-order valence-corrected chi connectivity index (χ1v) is 8.22. The van der Waals surface area contributed by atoms with E-state index in [2.05, 4.69) is 10.3 Å². The van der Waals surface area contributed by atoms with Crippen LogP contribution in [0.15, 0.2) is 33.9 Å². The average Bonchev–Trinajstić information content (AvgIpc) is 2.64. The van der Waals surface area contributed by atoms with Crippen LogP contribution < -0.4 is 16.6 Å². The molecule has 1 saturated heterocycles. The van der Waals surface area contributed by atoms with Crippen molar-refractivity contribution in [2.24, 2.45) is 5.92 Å². The molecule has 1 atom stereocenters. The van der Waals surface area contributed by atoms with Gasteiger partial charge in [0.25, 0.3) is 5.56 Å². The van der Waals surface area contributed by atoms with E-state index in [9.17, 15) is 19.2 Å². The lowest BCUT2D eigenvalue weighted by molar-refractivity contribution is -0.136. The molecule has 2 heterocycles. The van der Waals surface area contributed by atoms with E-state index in [4.69, 9.17) is 0 Å². The summed E-state index contributed by atoms with van der Waals surface area (Å²) in [5, 5.41) is 2.97. The maximum atomic E-state index is 12.6. The number of hydrogen-bond acceptors (Lipinski definition) is 4. The molecule has 1 unspecified atom stereocenters. The Morgan fingerprint density at radius 1 is 1.28 bits per heavy atom. The fraction of sp³-hybridized carbons (Fsp3) is 0.412. The van der Waals surface area contributed by atoms with Crippen LogP contribution in [0.4, 0.5) is 0 Å². The van der Waals surface area contributed by atoms with Crippen molar-refractivity contribution in [1.82, 2.24) is 19.8 Å². The van der Waals surface area contributed by atoms with E-state index in [1.165, 1.54) is 4.57 Å². The molecule has 132 valence electrons. The van der Waals surface area contributed by atoms with Gasteiger partial charge in [-0.3, -0.25) is 23.9 Å². The van der Waals surface area contributed by atoms with Crippen molar-refractivity contribution in [1.29, 1.82) is 0 Å². The van der Waals surface area contributed by atoms with Crippen molar-refractivity contribution in [3.63, 3.8) is 0 Å². The molecule has 8 nitrogen and oxygen atoms in total. The predicted octanol–water partition coefficient (Wildman–Crippen LogP) is -0.326. The highest BCUT2D eigenvalue weighted by Gasteiger charge is 2.28. The molecule has 1 fully saturated rings. The van der Waals surface area contributed by atoms with Gasteiger partial charge in [-0.25, -0.2) is 4.79 Å². The topological polar surface area (TPSA) is 104 Å². The molecule has 25 heavy (non-hydrogen) atoms. The number of nitrogens with zero attached hydrogens (tertiary/aromatic N) is 2. The summed E-state index contributed by atoms with van der Waals surface area (Å²) in [6.07, 6.45) is 1.48. The van der Waals surface area contributed by atoms with Crippen molar-refractivity contribution >= 4 is 22.7 Å². The third kappa shape index (κ3) is 3.33. The Morgan fingerprint density at radius 3 is 2.80 bits per heavy atom. The van der Waals surface area contributed by atoms with Gasteiger partial charge < -0.3 is 10.2 Å². The van der Waals surface area contributed by atoms with Gasteiger partial charge in [-0.05, 0) is 25.0 Å². The van der Waals surface area contributed by atoms with Crippen molar-refractivity contribution < 1.29 is 9.59 Å². The van der Waals surface area contributed by atoms with Gasteiger partial charge in [-0.15, -0.1) is 0 Å². The lowest BCUT2D eigenvalue weighted by Crippen LogP contribution is -2.46. The van der Waals surface area contributed by atoms with Crippen molar-refractivity contribution in [2.45, 2.75) is 19.4 Å². The average molecular weight is 344 g/mol. The lowest BCUT2D eigenvalue weighted by Gasteiger charge is -2.32. The van der Waals surface area contributed by atoms with Gasteiger partial charge >= 0.3 is 5.69 Å². The SMILES string of the molecule is CNC(=O)C1CCCN(C(=O)Cn2c(=O)[nH]c(=O)c3ccccc32)C1. The van der Waals surface area contributed by atoms with E-state index >= 15 is 0 Å². The maximum absolute atomic E-state index is 12.6. The highest BCUT2D eigenvalue weighted by Crippen LogP contribution is 2.17. The maximum Gasteiger partial charge on any atom is 0.329 e. The third-order valence-electron chi connectivity index (χ3n) is 4.59. The summed E-state index contributed by atoms with van der Waals surface area (Å²) in [6.45, 7) is 0.730. The Balaban J connectivity index is 1.86. The van der Waals surface area contributed by atoms with Gasteiger partial charge in [0, 0.05) is 20.1 Å². The molecule has 8 heteroatoms. The first-order valence-electron chi connectivity index (χ1n) is 8.22. The number of carbonyl (C=O) groups is 2. The summed E-state index contributed by atoms with van der Waals surface area (Å²) in [7, 11) is 1.58. The van der Waals surface area contributed by atoms with Crippen LogP contribution in [0.2, 0.25) is 0 Å². The summed E-state index contributed by atoms with van der Waals surface area (Å²) in [4.78, 5) is 52.4. The highest BCUT2D eigenvalue weighted by atomic mass is 16.2. The number of likely N-dealkylation sites (tertiary alicyclic amines) is 1. The predicted molar refractivity (Wildman–Crippen MR) is 92.2 cm³/mol. The van der Waals surface area contributed by atoms with E-state index in [0.717, 1.165) is 12.8 Å². The number of piperidine rings is 1. The van der Waals surface area contributed by atoms with E-state index < -0.39 is 11.2 Å². The number of nitrogens with one attached hydrogen (secondary N) is 2. The Kier molecular flexibility index (Phi) is 4.69. The second kappa shape index (κ2) is 6.92. The lowest BCUT2D eigenvalue weighted by atomic mass is 9.97. The molecule has 2 aromatic rings. The summed E-state index contributed by atoms with van der Waals surface area (Å²) in [6, 6.07) is 6.66. The number of carbonyl (C=O) groups excluding carboxylic acids is 2. The number of fused-ring (bicyclic) bond motifs is 1. The fourth-order valence-electron chi connectivity index (χ4n) is 3.26. The van der Waals surface area contributed by atoms with Crippen LogP contribution in [-0.2, 0) is 16.1 Å². The molecule has 1 aromatic carbocycles. The molecular weight excluding hydrogens is 324 g/mol. The van der Waals surface area contributed by atoms with Crippen LogP contribution >= 0.6 is 0 Å². The summed E-state index contributed by atoms with van der Waals surface area (Å²) in [5.41, 5.74) is -0.664. The molecular formula is C17H20N4O4. The van der Waals surface area contributed by atoms with Crippen LogP contribution in [0.25, 0.3) is 10.9 Å². The minimum absolute atomic E-state index is 0.0795. The van der Waals surface area contributed by atoms with Gasteiger partial charge in [0.15, 0.2) is 0 Å². The van der Waals surface area contributed by atoms with Gasteiger partial charge in [0.05, 0.1) is 16.8 Å². The van der Waals surface area contributed by atoms with E-state index in [1.807, 2.05) is 0 Å². The van der Waals surface area contributed by atoms with Crippen LogP contribution in [0.5, 0.6) is 0 Å². The second-order valence-corrected chi connectivity index (χ2v) is 6.16. The molecule has 0 radical (unpaired) electrons. The molecule has 2 N–H and O–H groups in total. The Hall–Kier alpha value is -2.90. The zero-order valence-corrected chi connectivity index (χ0v) is 13.9. The van der Waals surface area contributed by atoms with E-state index in [0.29, 0.717) is 24.0 Å². The summed E-state index contributed by atoms with van der Waals surface area (Å²) in [5.74, 6) is -0.552. The molecule has 0 saturated carbocycles. The summed E-state index contributed by atoms with van der Waals surface area (Å²) < 4.78 is 1.27. The molecule has 0 aliphatic carbocycles. The minimum Gasteiger partial charge on any atom is -0.359 e. The Bertz CT molecular complexity index is 930. The van der Waals surface area contributed by atoms with Crippen LogP contribution in [0, 0.1) is 5.92 Å². The molecule has 1 aliphatic rings. The zero-order valence-electron chi connectivity index (χ0n) is 13.9. The molecule has 0 bridgehead atoms. The largest absolute Gasteiger partial charge is 0.359 e. The molecule has 1 aromatic heterocycles. The Morgan fingerprint density at radius 2 is 2.04 bits per heavy atom. The number of benzene rings is 1. The van der Waals surface area contributed by atoms with Gasteiger partial charge in [-0.1, -0.05) is 12.1 Å². The number of amides is 2. The number of hydrogen-bond donors (Lipinski definition) is 2. The molecule has 1 aliphatic heterocycles. The first-order chi connectivity index (χ1) is 12.0. The van der Waals surface area contributed by atoms with Crippen LogP contribution in [-0.4, -0.2) is 46.4 Å².